The number of ether oxygens (including phenoxy) is 1. The molecule has 0 rings (SSSR count). The monoisotopic (exact) mass is 274 g/mol. The molecule has 0 spiro atoms. The molecule has 0 unspecified atom stereocenters. The van der Waals surface area contributed by atoms with Crippen LogP contribution in [-0.4, -0.2) is 17.9 Å². The SMILES string of the molecule is CCOC(=O)CC(C)(C)C=CC=CCBr. The molecule has 0 fully saturated rings. The zero-order chi connectivity index (χ0) is 11.7. The van der Waals surface area contributed by atoms with E-state index < -0.39 is 0 Å². The zero-order valence-corrected chi connectivity index (χ0v) is 11.2. The van der Waals surface area contributed by atoms with Crippen LogP contribution in [0.15, 0.2) is 24.3 Å². The van der Waals surface area contributed by atoms with E-state index in [1.807, 2.05) is 45.1 Å². The lowest BCUT2D eigenvalue weighted by atomic mass is 9.89. The van der Waals surface area contributed by atoms with Crippen molar-refractivity contribution in [3.8, 4) is 0 Å². The van der Waals surface area contributed by atoms with E-state index in [4.69, 9.17) is 4.74 Å². The van der Waals surface area contributed by atoms with E-state index in [1.165, 1.54) is 0 Å². The first-order chi connectivity index (χ1) is 7.02. The molecule has 15 heavy (non-hydrogen) atoms. The van der Waals surface area contributed by atoms with Crippen molar-refractivity contribution >= 4 is 21.9 Å². The largest absolute Gasteiger partial charge is 0.466 e. The van der Waals surface area contributed by atoms with Crippen LogP contribution in [0.2, 0.25) is 0 Å². The quantitative estimate of drug-likeness (QED) is 0.421. The number of alkyl halides is 1. The Kier molecular flexibility index (Phi) is 7.39. The Morgan fingerprint density at radius 1 is 1.40 bits per heavy atom. The highest BCUT2D eigenvalue weighted by atomic mass is 79.9. The van der Waals surface area contributed by atoms with Gasteiger partial charge in [0.1, 0.15) is 0 Å². The molecule has 0 aliphatic rings. The molecule has 86 valence electrons. The lowest BCUT2D eigenvalue weighted by Crippen LogP contribution is -2.16. The molecule has 0 radical (unpaired) electrons. The van der Waals surface area contributed by atoms with E-state index in [1.54, 1.807) is 0 Å². The molecule has 3 heteroatoms. The van der Waals surface area contributed by atoms with Crippen molar-refractivity contribution in [3.63, 3.8) is 0 Å². The number of carbonyl (C=O) groups excluding carboxylic acids is 1. The number of rotatable bonds is 6. The number of esters is 1. The smallest absolute Gasteiger partial charge is 0.306 e. The van der Waals surface area contributed by atoms with Gasteiger partial charge in [0.05, 0.1) is 13.0 Å². The summed E-state index contributed by atoms with van der Waals surface area (Å²) >= 11 is 3.30. The fourth-order valence-corrected chi connectivity index (χ4v) is 1.30. The van der Waals surface area contributed by atoms with E-state index >= 15 is 0 Å². The van der Waals surface area contributed by atoms with Gasteiger partial charge in [-0.15, -0.1) is 0 Å². The second kappa shape index (κ2) is 7.69. The summed E-state index contributed by atoms with van der Waals surface area (Å²) < 4.78 is 4.91. The summed E-state index contributed by atoms with van der Waals surface area (Å²) in [5.41, 5.74) is -0.150. The van der Waals surface area contributed by atoms with E-state index in [-0.39, 0.29) is 11.4 Å². The zero-order valence-electron chi connectivity index (χ0n) is 9.63. The van der Waals surface area contributed by atoms with Crippen LogP contribution < -0.4 is 0 Å². The summed E-state index contributed by atoms with van der Waals surface area (Å²) in [5, 5.41) is 0.843. The minimum absolute atomic E-state index is 0.142. The third kappa shape index (κ3) is 8.43. The van der Waals surface area contributed by atoms with Crippen LogP contribution in [0, 0.1) is 5.41 Å². The van der Waals surface area contributed by atoms with Crippen LogP contribution in [0.4, 0.5) is 0 Å². The molecule has 0 heterocycles. The first-order valence-electron chi connectivity index (χ1n) is 5.08. The maximum atomic E-state index is 11.3. The highest BCUT2D eigenvalue weighted by molar-refractivity contribution is 9.09. The Morgan fingerprint density at radius 3 is 2.60 bits per heavy atom. The Balaban J connectivity index is 4.11. The minimum atomic E-state index is -0.150. The predicted octanol–water partition coefficient (Wildman–Crippen LogP) is 3.47. The Morgan fingerprint density at radius 2 is 2.07 bits per heavy atom. The molecule has 0 amide bonds. The fraction of sp³-hybridized carbons (Fsp3) is 0.583. The van der Waals surface area contributed by atoms with Crippen LogP contribution in [0.5, 0.6) is 0 Å². The summed E-state index contributed by atoms with van der Waals surface area (Å²) in [4.78, 5) is 11.3. The van der Waals surface area contributed by atoms with Gasteiger partial charge in [0, 0.05) is 5.33 Å². The number of allylic oxidation sites excluding steroid dienone is 4. The second-order valence-corrected chi connectivity index (χ2v) is 4.56. The summed E-state index contributed by atoms with van der Waals surface area (Å²) in [7, 11) is 0. The van der Waals surface area contributed by atoms with Gasteiger partial charge in [-0.1, -0.05) is 54.1 Å². The van der Waals surface area contributed by atoms with Gasteiger partial charge in [-0.25, -0.2) is 0 Å². The highest BCUT2D eigenvalue weighted by Crippen LogP contribution is 2.22. The molecule has 0 aromatic carbocycles. The minimum Gasteiger partial charge on any atom is -0.466 e. The molecule has 0 saturated heterocycles. The highest BCUT2D eigenvalue weighted by Gasteiger charge is 2.19. The van der Waals surface area contributed by atoms with Gasteiger partial charge in [-0.05, 0) is 12.3 Å². The summed E-state index contributed by atoms with van der Waals surface area (Å²) in [6.45, 7) is 6.30. The maximum Gasteiger partial charge on any atom is 0.306 e. The average molecular weight is 275 g/mol. The normalized spacial score (nSPS) is 12.5. The van der Waals surface area contributed by atoms with Crippen LogP contribution in [-0.2, 0) is 9.53 Å². The van der Waals surface area contributed by atoms with Gasteiger partial charge in [0.2, 0.25) is 0 Å². The third-order valence-corrected chi connectivity index (χ3v) is 2.16. The van der Waals surface area contributed by atoms with E-state index in [0.717, 1.165) is 5.33 Å². The Hall–Kier alpha value is -0.570. The number of halogens is 1. The first-order valence-corrected chi connectivity index (χ1v) is 6.20. The Bertz CT molecular complexity index is 242. The molecule has 0 N–H and O–H groups in total. The van der Waals surface area contributed by atoms with E-state index in [9.17, 15) is 4.79 Å². The Labute approximate surface area is 101 Å². The van der Waals surface area contributed by atoms with Gasteiger partial charge in [-0.3, -0.25) is 4.79 Å². The summed E-state index contributed by atoms with van der Waals surface area (Å²) in [6, 6.07) is 0. The lowest BCUT2D eigenvalue weighted by Gasteiger charge is -2.18. The summed E-state index contributed by atoms with van der Waals surface area (Å²) in [6.07, 6.45) is 8.35. The van der Waals surface area contributed by atoms with Gasteiger partial charge < -0.3 is 4.74 Å². The number of carbonyl (C=O) groups is 1. The van der Waals surface area contributed by atoms with Crippen molar-refractivity contribution in [3.05, 3.63) is 24.3 Å². The van der Waals surface area contributed by atoms with Gasteiger partial charge in [-0.2, -0.15) is 0 Å². The number of hydrogen-bond acceptors (Lipinski definition) is 2. The van der Waals surface area contributed by atoms with Crippen molar-refractivity contribution in [2.24, 2.45) is 5.41 Å². The van der Waals surface area contributed by atoms with Crippen LogP contribution in [0.25, 0.3) is 0 Å². The molecule has 0 aliphatic carbocycles. The fourth-order valence-electron chi connectivity index (χ4n) is 1.09. The van der Waals surface area contributed by atoms with Crippen LogP contribution >= 0.6 is 15.9 Å². The maximum absolute atomic E-state index is 11.3. The molecular weight excluding hydrogens is 256 g/mol. The predicted molar refractivity (Wildman–Crippen MR) is 67.1 cm³/mol. The van der Waals surface area contributed by atoms with Crippen molar-refractivity contribution in [1.82, 2.24) is 0 Å². The summed E-state index contributed by atoms with van der Waals surface area (Å²) in [5.74, 6) is -0.142. The molecule has 0 atom stereocenters. The standard InChI is InChI=1S/C12H19BrO2/c1-4-15-11(14)10-12(2,3)8-6-5-7-9-13/h5-8H,4,9-10H2,1-3H3. The molecule has 0 bridgehead atoms. The molecular formula is C12H19BrO2. The molecule has 0 aromatic rings. The van der Waals surface area contributed by atoms with Crippen molar-refractivity contribution in [1.29, 1.82) is 0 Å². The topological polar surface area (TPSA) is 26.3 Å². The third-order valence-electron chi connectivity index (χ3n) is 1.79. The van der Waals surface area contributed by atoms with Gasteiger partial charge in [0.15, 0.2) is 0 Å². The molecule has 0 saturated carbocycles. The van der Waals surface area contributed by atoms with Crippen LogP contribution in [0.1, 0.15) is 27.2 Å². The lowest BCUT2D eigenvalue weighted by molar-refractivity contribution is -0.144. The molecule has 0 aromatic heterocycles. The average Bonchev–Trinajstić information content (AvgIpc) is 2.12. The number of hydrogen-bond donors (Lipinski definition) is 0. The van der Waals surface area contributed by atoms with Crippen molar-refractivity contribution in [2.45, 2.75) is 27.2 Å². The van der Waals surface area contributed by atoms with Gasteiger partial charge >= 0.3 is 5.97 Å². The van der Waals surface area contributed by atoms with Crippen LogP contribution in [0.3, 0.4) is 0 Å². The second-order valence-electron chi connectivity index (χ2n) is 3.91. The first kappa shape index (κ1) is 14.4. The van der Waals surface area contributed by atoms with Crippen molar-refractivity contribution in [2.75, 3.05) is 11.9 Å². The van der Waals surface area contributed by atoms with Crippen molar-refractivity contribution < 1.29 is 9.53 Å². The molecule has 2 nitrogen and oxygen atoms in total. The van der Waals surface area contributed by atoms with E-state index in [0.29, 0.717) is 13.0 Å². The van der Waals surface area contributed by atoms with Gasteiger partial charge in [0.25, 0.3) is 0 Å². The van der Waals surface area contributed by atoms with E-state index in [2.05, 4.69) is 15.9 Å². The molecule has 0 aliphatic heterocycles.